The van der Waals surface area contributed by atoms with E-state index in [1.165, 1.54) is 0 Å². The molecule has 0 spiro atoms. The van der Waals surface area contributed by atoms with Crippen molar-refractivity contribution < 1.29 is 4.42 Å². The molecule has 0 aliphatic heterocycles. The summed E-state index contributed by atoms with van der Waals surface area (Å²) in [6.07, 6.45) is 11.2. The van der Waals surface area contributed by atoms with Gasteiger partial charge in [-0.05, 0) is 186 Å². The number of hydrogen-bond donors (Lipinski definition) is 0. The van der Waals surface area contributed by atoms with Crippen LogP contribution in [0.5, 0.6) is 0 Å². The first-order valence-corrected chi connectivity index (χ1v) is 31.7. The zero-order valence-electron chi connectivity index (χ0n) is 50.9. The van der Waals surface area contributed by atoms with Crippen LogP contribution in [0.4, 0.5) is 0 Å². The Morgan fingerprint density at radius 2 is 0.558 bits per heavy atom. The highest BCUT2D eigenvalue weighted by molar-refractivity contribution is 6.13. The summed E-state index contributed by atoms with van der Waals surface area (Å²) in [6.45, 7) is 0. The van der Waals surface area contributed by atoms with E-state index in [-0.39, 0.29) is 0 Å². The lowest BCUT2D eigenvalue weighted by atomic mass is 9.96. The minimum absolute atomic E-state index is 0.869. The van der Waals surface area contributed by atoms with Gasteiger partial charge in [-0.2, -0.15) is 0 Å². The lowest BCUT2D eigenvalue weighted by Gasteiger charge is -2.13. The average Bonchev–Trinajstić information content (AvgIpc) is 1.76. The second kappa shape index (κ2) is 21.8. The van der Waals surface area contributed by atoms with E-state index in [0.717, 1.165) is 177 Å². The van der Waals surface area contributed by atoms with Gasteiger partial charge in [-0.3, -0.25) is 29.9 Å². The molecule has 0 bridgehead atoms. The maximum Gasteiger partial charge on any atom is 0.135 e. The van der Waals surface area contributed by atoms with E-state index in [1.54, 1.807) is 0 Å². The Hall–Kier alpha value is -13.1. The first-order valence-electron chi connectivity index (χ1n) is 31.7. The topological polar surface area (TPSA) is 110 Å². The van der Waals surface area contributed by atoms with Gasteiger partial charge in [0.05, 0.1) is 77.6 Å². The van der Waals surface area contributed by atoms with E-state index in [2.05, 4.69) is 259 Å². The molecular formula is C84H52N10O. The number of nitrogens with zero attached hydrogens (tertiary/aromatic N) is 10. The Kier molecular flexibility index (Phi) is 12.3. The van der Waals surface area contributed by atoms with Gasteiger partial charge in [-0.25, -0.2) is 0 Å². The summed E-state index contributed by atoms with van der Waals surface area (Å²) in [5.41, 5.74) is 27.3. The molecule has 0 radical (unpaired) electrons. The number of fused-ring (bicyclic) bond motifs is 15. The Balaban J connectivity index is 0.000000143. The van der Waals surface area contributed by atoms with Crippen molar-refractivity contribution in [2.24, 2.45) is 0 Å². The van der Waals surface area contributed by atoms with Gasteiger partial charge >= 0.3 is 0 Å². The van der Waals surface area contributed by atoms with Crippen LogP contribution in [0, 0.1) is 0 Å². The van der Waals surface area contributed by atoms with Crippen LogP contribution in [0.15, 0.2) is 321 Å². The van der Waals surface area contributed by atoms with Crippen LogP contribution >= 0.6 is 0 Å². The monoisotopic (exact) mass is 1220 g/mol. The standard InChI is InChI=1S/C50H32N6.C34H20N4O/c1-3-16-39(43-18-5-7-26-51-43)37(14-1)33-22-24-45-41(30-33)49-47(20-10-28-53-49)55(45)35-12-9-13-36(32-35)56-46-25-23-34(31-42(46)50-48(56)21-11-29-54-50)38-15-2-4-17-40(38)44-19-6-8-27-52-44;1-3-9-27-23(7-1)33-29(11-5-17-35-33)37(27)21-13-15-31-25(19-21)26-20-22(14-16-32(26)39-31)38-28-10-4-2-8-24(28)34-30(38)12-6-18-36-34/h1-32H;1-20H. The fourth-order valence-corrected chi connectivity index (χ4v) is 14.4. The highest BCUT2D eigenvalue weighted by Crippen LogP contribution is 2.42. The van der Waals surface area contributed by atoms with Gasteiger partial charge in [0.15, 0.2) is 0 Å². The Labute approximate surface area is 543 Å². The van der Waals surface area contributed by atoms with Crippen LogP contribution in [0.2, 0.25) is 0 Å². The van der Waals surface area contributed by atoms with Gasteiger partial charge in [0.25, 0.3) is 0 Å². The fourth-order valence-electron chi connectivity index (χ4n) is 14.4. The number of hydrogen-bond acceptors (Lipinski definition) is 7. The van der Waals surface area contributed by atoms with E-state index < -0.39 is 0 Å². The molecule has 0 atom stereocenters. The summed E-state index contributed by atoms with van der Waals surface area (Å²) in [4.78, 5) is 28.6. The lowest BCUT2D eigenvalue weighted by molar-refractivity contribution is 0.669. The maximum absolute atomic E-state index is 6.30. The van der Waals surface area contributed by atoms with Crippen LogP contribution in [0.3, 0.4) is 0 Å². The number of pyridine rings is 6. The summed E-state index contributed by atoms with van der Waals surface area (Å²) in [7, 11) is 0. The van der Waals surface area contributed by atoms with Crippen LogP contribution in [0.1, 0.15) is 0 Å². The molecule has 9 aromatic carbocycles. The number of rotatable bonds is 8. The Bertz CT molecular complexity index is 5940. The molecule has 0 fully saturated rings. The van der Waals surface area contributed by atoms with Crippen molar-refractivity contribution in [2.45, 2.75) is 0 Å². The minimum atomic E-state index is 0.869. The predicted molar refractivity (Wildman–Crippen MR) is 386 cm³/mol. The van der Waals surface area contributed by atoms with Crippen LogP contribution in [-0.4, -0.2) is 48.2 Å². The molecule has 11 heteroatoms. The largest absolute Gasteiger partial charge is 0.456 e. The molecule has 0 aliphatic rings. The second-order valence-electron chi connectivity index (χ2n) is 23.8. The zero-order valence-corrected chi connectivity index (χ0v) is 50.9. The van der Waals surface area contributed by atoms with Crippen LogP contribution in [-0.2, 0) is 0 Å². The first kappa shape index (κ1) is 53.7. The average molecular weight is 1220 g/mol. The number of para-hydroxylation sites is 2. The molecule has 0 saturated heterocycles. The smallest absolute Gasteiger partial charge is 0.135 e. The minimum Gasteiger partial charge on any atom is -0.456 e. The van der Waals surface area contributed by atoms with Gasteiger partial charge in [0.2, 0.25) is 0 Å². The molecule has 0 amide bonds. The van der Waals surface area contributed by atoms with Crippen molar-refractivity contribution >= 4 is 110 Å². The van der Waals surface area contributed by atoms with Gasteiger partial charge in [-0.15, -0.1) is 0 Å². The lowest BCUT2D eigenvalue weighted by Crippen LogP contribution is -1.98. The summed E-state index contributed by atoms with van der Waals surface area (Å²) < 4.78 is 15.5. The van der Waals surface area contributed by atoms with Crippen molar-refractivity contribution in [1.29, 1.82) is 0 Å². The quantitative estimate of drug-likeness (QED) is 0.149. The van der Waals surface area contributed by atoms with Crippen molar-refractivity contribution in [3.05, 3.63) is 316 Å². The number of benzene rings is 9. The Morgan fingerprint density at radius 1 is 0.211 bits per heavy atom. The van der Waals surface area contributed by atoms with Gasteiger partial charge in [0, 0.05) is 103 Å². The molecular weight excluding hydrogens is 1160 g/mol. The molecule has 20 rings (SSSR count). The van der Waals surface area contributed by atoms with Crippen LogP contribution in [0.25, 0.3) is 177 Å². The molecule has 11 aromatic heterocycles. The third-order valence-corrected chi connectivity index (χ3v) is 18.6. The summed E-state index contributed by atoms with van der Waals surface area (Å²) >= 11 is 0. The molecule has 0 saturated carbocycles. The third kappa shape index (κ3) is 8.67. The van der Waals surface area contributed by atoms with Crippen molar-refractivity contribution in [2.75, 3.05) is 0 Å². The Morgan fingerprint density at radius 3 is 0.979 bits per heavy atom. The summed E-state index contributed by atoms with van der Waals surface area (Å²) in [5.74, 6) is 0. The molecule has 11 nitrogen and oxygen atoms in total. The molecule has 95 heavy (non-hydrogen) atoms. The van der Waals surface area contributed by atoms with Gasteiger partial charge in [-0.1, -0.05) is 115 Å². The number of aromatic nitrogens is 10. The molecule has 0 aliphatic carbocycles. The van der Waals surface area contributed by atoms with Crippen LogP contribution < -0.4 is 0 Å². The molecule has 0 unspecified atom stereocenters. The molecule has 20 aromatic rings. The third-order valence-electron chi connectivity index (χ3n) is 18.6. The zero-order chi connectivity index (χ0) is 62.5. The van der Waals surface area contributed by atoms with Crippen molar-refractivity contribution in [3.8, 4) is 67.5 Å². The van der Waals surface area contributed by atoms with E-state index in [9.17, 15) is 0 Å². The van der Waals surface area contributed by atoms with Gasteiger partial charge < -0.3 is 22.7 Å². The van der Waals surface area contributed by atoms with Gasteiger partial charge in [0.1, 0.15) is 11.2 Å². The van der Waals surface area contributed by atoms with E-state index in [4.69, 9.17) is 24.4 Å². The van der Waals surface area contributed by atoms with Crippen molar-refractivity contribution in [3.63, 3.8) is 0 Å². The first-order chi connectivity index (χ1) is 47.1. The number of furan rings is 1. The normalized spacial score (nSPS) is 11.8. The SMILES string of the molecule is c1ccc(-c2ccccc2-c2ccc3c(c2)c2ncccc2n3-c2cccc(-n3c4ccc(-c5ccccc5-c5ccccn5)cc4c4ncccc43)c2)nc1.c1ccc2c(c1)c1ncccc1n2-c1ccc2oc3ccc(-n4c5ccccc5c5ncccc54)cc3c2c1. The maximum atomic E-state index is 6.30. The molecule has 0 N–H and O–H groups in total. The predicted octanol–water partition coefficient (Wildman–Crippen LogP) is 20.7. The van der Waals surface area contributed by atoms with E-state index in [0.29, 0.717) is 0 Å². The highest BCUT2D eigenvalue weighted by Gasteiger charge is 2.22. The van der Waals surface area contributed by atoms with Crippen molar-refractivity contribution in [1.82, 2.24) is 48.2 Å². The molecule has 444 valence electrons. The van der Waals surface area contributed by atoms with E-state index in [1.807, 2.05) is 85.7 Å². The highest BCUT2D eigenvalue weighted by atomic mass is 16.3. The summed E-state index contributed by atoms with van der Waals surface area (Å²) in [5, 5.41) is 6.65. The summed E-state index contributed by atoms with van der Waals surface area (Å²) in [6, 6.07) is 97.6. The second-order valence-corrected chi connectivity index (χ2v) is 23.8. The van der Waals surface area contributed by atoms with E-state index >= 15 is 0 Å². The molecule has 11 heterocycles. The fraction of sp³-hybridized carbons (Fsp3) is 0.